The normalized spacial score (nSPS) is 11.2. The highest BCUT2D eigenvalue weighted by atomic mass is 32.2. The zero-order chi connectivity index (χ0) is 13.1. The maximum absolute atomic E-state index is 5.39. The summed E-state index contributed by atoms with van der Waals surface area (Å²) in [6.45, 7) is 6.58. The van der Waals surface area contributed by atoms with E-state index in [2.05, 4.69) is 32.9 Å². The van der Waals surface area contributed by atoms with Gasteiger partial charge in [0.15, 0.2) is 0 Å². The molecule has 0 saturated carbocycles. The largest absolute Gasteiger partial charge is 0.494 e. The lowest BCUT2D eigenvalue weighted by atomic mass is 10.1. The van der Waals surface area contributed by atoms with Crippen molar-refractivity contribution in [3.05, 3.63) is 29.8 Å². The number of benzene rings is 1. The average Bonchev–Trinajstić information content (AvgIpc) is 2.36. The molecule has 0 aliphatic heterocycles. The predicted octanol–water partition coefficient (Wildman–Crippen LogP) is 4.30. The van der Waals surface area contributed by atoms with E-state index < -0.39 is 0 Å². The predicted molar refractivity (Wildman–Crippen MR) is 78.6 cm³/mol. The first kappa shape index (κ1) is 13.2. The van der Waals surface area contributed by atoms with Crippen LogP contribution < -0.4 is 4.74 Å². The number of aromatic nitrogens is 1. The summed E-state index contributed by atoms with van der Waals surface area (Å²) in [5, 5.41) is 2.25. The van der Waals surface area contributed by atoms with Crippen molar-refractivity contribution in [2.24, 2.45) is 5.92 Å². The van der Waals surface area contributed by atoms with Gasteiger partial charge in [0.25, 0.3) is 0 Å². The first-order valence-electron chi connectivity index (χ1n) is 6.19. The van der Waals surface area contributed by atoms with Gasteiger partial charge < -0.3 is 4.74 Å². The number of aryl methyl sites for hydroxylation is 1. The van der Waals surface area contributed by atoms with Crippen molar-refractivity contribution in [2.75, 3.05) is 12.9 Å². The van der Waals surface area contributed by atoms with Gasteiger partial charge in [-0.25, -0.2) is 4.98 Å². The topological polar surface area (TPSA) is 22.1 Å². The van der Waals surface area contributed by atoms with Crippen molar-refractivity contribution >= 4 is 22.7 Å². The molecule has 0 spiro atoms. The van der Waals surface area contributed by atoms with E-state index in [1.165, 1.54) is 10.9 Å². The molecule has 18 heavy (non-hydrogen) atoms. The second kappa shape index (κ2) is 5.61. The third-order valence-electron chi connectivity index (χ3n) is 2.77. The third kappa shape index (κ3) is 2.78. The van der Waals surface area contributed by atoms with Gasteiger partial charge in [0.05, 0.1) is 12.1 Å². The Hall–Kier alpha value is -1.22. The summed E-state index contributed by atoms with van der Waals surface area (Å²) in [5.41, 5.74) is 2.22. The van der Waals surface area contributed by atoms with Crippen LogP contribution in [0.2, 0.25) is 0 Å². The molecule has 2 rings (SSSR count). The van der Waals surface area contributed by atoms with Gasteiger partial charge in [-0.05, 0) is 30.5 Å². The number of hydrogen-bond donors (Lipinski definition) is 0. The Kier molecular flexibility index (Phi) is 4.12. The summed E-state index contributed by atoms with van der Waals surface area (Å²) in [4.78, 5) is 4.72. The number of fused-ring (bicyclic) bond motifs is 1. The second-order valence-corrected chi connectivity index (χ2v) is 5.88. The van der Waals surface area contributed by atoms with E-state index in [4.69, 9.17) is 9.72 Å². The summed E-state index contributed by atoms with van der Waals surface area (Å²) in [7, 11) is 1.69. The number of hydrogen-bond acceptors (Lipinski definition) is 3. The molecule has 0 unspecified atom stereocenters. The van der Waals surface area contributed by atoms with E-state index in [1.807, 2.05) is 23.9 Å². The van der Waals surface area contributed by atoms with E-state index in [9.17, 15) is 0 Å². The van der Waals surface area contributed by atoms with E-state index in [0.29, 0.717) is 5.92 Å². The Morgan fingerprint density at radius 3 is 2.78 bits per heavy atom. The summed E-state index contributed by atoms with van der Waals surface area (Å²) < 4.78 is 5.39. The molecule has 0 aliphatic rings. The Morgan fingerprint density at radius 2 is 2.11 bits per heavy atom. The zero-order valence-corrected chi connectivity index (χ0v) is 12.2. The highest BCUT2D eigenvalue weighted by Gasteiger charge is 2.08. The zero-order valence-electron chi connectivity index (χ0n) is 11.4. The number of nitrogens with zero attached hydrogens (tertiary/aromatic N) is 1. The van der Waals surface area contributed by atoms with Crippen LogP contribution in [0, 0.1) is 12.8 Å². The number of ether oxygens (including phenoxy) is 1. The summed E-state index contributed by atoms with van der Waals surface area (Å²) in [6, 6.07) is 8.23. The Bertz CT molecular complexity index is 551. The molecule has 0 fully saturated rings. The lowest BCUT2D eigenvalue weighted by Crippen LogP contribution is -1.94. The Labute approximate surface area is 113 Å². The summed E-state index contributed by atoms with van der Waals surface area (Å²) in [5.74, 6) is 2.61. The minimum atomic E-state index is 0.672. The fourth-order valence-corrected chi connectivity index (χ4v) is 2.77. The molecule has 1 aromatic carbocycles. The molecular formula is C15H19NOS. The molecule has 2 aromatic rings. The van der Waals surface area contributed by atoms with Gasteiger partial charge in [0, 0.05) is 11.1 Å². The molecular weight excluding hydrogens is 242 g/mol. The van der Waals surface area contributed by atoms with Crippen molar-refractivity contribution in [1.29, 1.82) is 0 Å². The molecule has 0 bridgehead atoms. The summed E-state index contributed by atoms with van der Waals surface area (Å²) >= 11 is 1.81. The van der Waals surface area contributed by atoms with Crippen LogP contribution in [0.4, 0.5) is 0 Å². The van der Waals surface area contributed by atoms with Crippen molar-refractivity contribution in [1.82, 2.24) is 4.98 Å². The molecule has 1 aromatic heterocycles. The molecule has 96 valence electrons. The smallest absolute Gasteiger partial charge is 0.145 e. The minimum Gasteiger partial charge on any atom is -0.494 e. The van der Waals surface area contributed by atoms with Crippen LogP contribution >= 0.6 is 11.8 Å². The fraction of sp³-hybridized carbons (Fsp3) is 0.400. The van der Waals surface area contributed by atoms with Gasteiger partial charge >= 0.3 is 0 Å². The van der Waals surface area contributed by atoms with Crippen LogP contribution in [0.15, 0.2) is 29.3 Å². The summed E-state index contributed by atoms with van der Waals surface area (Å²) in [6.07, 6.45) is 0. The quantitative estimate of drug-likeness (QED) is 0.766. The highest BCUT2D eigenvalue weighted by Crippen LogP contribution is 2.30. The van der Waals surface area contributed by atoms with Crippen molar-refractivity contribution in [2.45, 2.75) is 25.8 Å². The standard InChI is InChI=1S/C15H19NOS/c1-10(2)9-18-14-8-11(3)12-6-5-7-13(17-4)15(12)16-14/h5-8,10H,9H2,1-4H3. The Morgan fingerprint density at radius 1 is 1.33 bits per heavy atom. The first-order valence-corrected chi connectivity index (χ1v) is 7.17. The second-order valence-electron chi connectivity index (χ2n) is 4.84. The molecule has 0 saturated heterocycles. The minimum absolute atomic E-state index is 0.672. The lowest BCUT2D eigenvalue weighted by Gasteiger charge is -2.10. The molecule has 3 heteroatoms. The average molecular weight is 261 g/mol. The van der Waals surface area contributed by atoms with E-state index >= 15 is 0 Å². The number of methoxy groups -OCH3 is 1. The molecule has 0 atom stereocenters. The molecule has 0 amide bonds. The van der Waals surface area contributed by atoms with Gasteiger partial charge in [-0.2, -0.15) is 0 Å². The van der Waals surface area contributed by atoms with Crippen LogP contribution in [0.1, 0.15) is 19.4 Å². The SMILES string of the molecule is COc1cccc2c(C)cc(SCC(C)C)nc12. The fourth-order valence-electron chi connectivity index (χ4n) is 1.85. The number of pyridine rings is 1. The number of para-hydroxylation sites is 1. The van der Waals surface area contributed by atoms with Crippen LogP contribution in [0.25, 0.3) is 10.9 Å². The maximum Gasteiger partial charge on any atom is 0.145 e. The van der Waals surface area contributed by atoms with Crippen molar-refractivity contribution in [3.8, 4) is 5.75 Å². The van der Waals surface area contributed by atoms with Crippen molar-refractivity contribution < 1.29 is 4.74 Å². The highest BCUT2D eigenvalue weighted by molar-refractivity contribution is 7.99. The van der Waals surface area contributed by atoms with Crippen LogP contribution in [0.3, 0.4) is 0 Å². The van der Waals surface area contributed by atoms with Gasteiger partial charge in [0.2, 0.25) is 0 Å². The molecule has 1 heterocycles. The van der Waals surface area contributed by atoms with Crippen LogP contribution in [-0.4, -0.2) is 17.8 Å². The van der Waals surface area contributed by atoms with E-state index in [-0.39, 0.29) is 0 Å². The first-order chi connectivity index (χ1) is 8.61. The van der Waals surface area contributed by atoms with Crippen molar-refractivity contribution in [3.63, 3.8) is 0 Å². The Balaban J connectivity index is 2.46. The lowest BCUT2D eigenvalue weighted by molar-refractivity contribution is 0.418. The van der Waals surface area contributed by atoms with E-state index in [0.717, 1.165) is 22.0 Å². The molecule has 0 aliphatic carbocycles. The maximum atomic E-state index is 5.39. The van der Waals surface area contributed by atoms with Gasteiger partial charge in [-0.3, -0.25) is 0 Å². The van der Waals surface area contributed by atoms with Crippen LogP contribution in [-0.2, 0) is 0 Å². The molecule has 0 radical (unpaired) electrons. The third-order valence-corrected chi connectivity index (χ3v) is 4.11. The van der Waals surface area contributed by atoms with Gasteiger partial charge in [0.1, 0.15) is 11.3 Å². The van der Waals surface area contributed by atoms with E-state index in [1.54, 1.807) is 7.11 Å². The molecule has 2 nitrogen and oxygen atoms in total. The monoisotopic (exact) mass is 261 g/mol. The number of rotatable bonds is 4. The molecule has 0 N–H and O–H groups in total. The van der Waals surface area contributed by atoms with Gasteiger partial charge in [-0.1, -0.05) is 26.0 Å². The van der Waals surface area contributed by atoms with Crippen LogP contribution in [0.5, 0.6) is 5.75 Å². The van der Waals surface area contributed by atoms with Gasteiger partial charge in [-0.15, -0.1) is 11.8 Å². The number of thioether (sulfide) groups is 1.